The number of esters is 1. The summed E-state index contributed by atoms with van der Waals surface area (Å²) in [5, 5.41) is 0. The number of unbranched alkanes of at least 4 members (excludes halogenated alkanes) is 1. The maximum atomic E-state index is 11.7. The van der Waals surface area contributed by atoms with Crippen LogP contribution in [0.25, 0.3) is 0 Å². The summed E-state index contributed by atoms with van der Waals surface area (Å²) < 4.78 is 5.23. The van der Waals surface area contributed by atoms with E-state index in [1.54, 1.807) is 0 Å². The summed E-state index contributed by atoms with van der Waals surface area (Å²) in [6.07, 6.45) is 8.25. The van der Waals surface area contributed by atoms with Gasteiger partial charge in [0.05, 0.1) is 13.2 Å². The zero-order valence-corrected chi connectivity index (χ0v) is 11.4. The Balaban J connectivity index is 2.28. The number of rotatable bonds is 7. The molecule has 3 nitrogen and oxygen atoms in total. The molecule has 0 aromatic heterocycles. The van der Waals surface area contributed by atoms with Crippen molar-refractivity contribution in [2.45, 2.75) is 64.8 Å². The van der Waals surface area contributed by atoms with Gasteiger partial charge in [-0.1, -0.05) is 33.1 Å². The number of hydrogen-bond acceptors (Lipinski definition) is 3. The summed E-state index contributed by atoms with van der Waals surface area (Å²) in [6, 6.07) is 0.604. The molecule has 1 aliphatic heterocycles. The van der Waals surface area contributed by atoms with Crippen LogP contribution in [0.1, 0.15) is 58.8 Å². The maximum absolute atomic E-state index is 11.7. The Labute approximate surface area is 106 Å². The normalized spacial score (nSPS) is 21.4. The van der Waals surface area contributed by atoms with Gasteiger partial charge in [0, 0.05) is 6.04 Å². The monoisotopic (exact) mass is 241 g/mol. The predicted molar refractivity (Wildman–Crippen MR) is 70.0 cm³/mol. The van der Waals surface area contributed by atoms with Gasteiger partial charge in [-0.2, -0.15) is 0 Å². The van der Waals surface area contributed by atoms with E-state index in [0.29, 0.717) is 19.2 Å². The summed E-state index contributed by atoms with van der Waals surface area (Å²) in [5.41, 5.74) is 0. The van der Waals surface area contributed by atoms with E-state index in [4.69, 9.17) is 4.74 Å². The van der Waals surface area contributed by atoms with E-state index >= 15 is 0 Å². The average Bonchev–Trinajstić information content (AvgIpc) is 2.32. The van der Waals surface area contributed by atoms with Crippen LogP contribution in [0.5, 0.6) is 0 Å². The molecule has 1 atom stereocenters. The van der Waals surface area contributed by atoms with E-state index in [9.17, 15) is 4.79 Å². The zero-order chi connectivity index (χ0) is 12.5. The highest BCUT2D eigenvalue weighted by Gasteiger charge is 2.23. The summed E-state index contributed by atoms with van der Waals surface area (Å²) in [7, 11) is 0. The van der Waals surface area contributed by atoms with Crippen molar-refractivity contribution in [3.63, 3.8) is 0 Å². The first-order chi connectivity index (χ1) is 8.27. The summed E-state index contributed by atoms with van der Waals surface area (Å²) >= 11 is 0. The third-order valence-corrected chi connectivity index (χ3v) is 3.46. The highest BCUT2D eigenvalue weighted by molar-refractivity contribution is 5.71. The van der Waals surface area contributed by atoms with E-state index in [0.717, 1.165) is 19.4 Å². The van der Waals surface area contributed by atoms with Crippen molar-refractivity contribution in [3.8, 4) is 0 Å². The molecule has 1 fully saturated rings. The lowest BCUT2D eigenvalue weighted by atomic mass is 9.98. The molecule has 0 N–H and O–H groups in total. The van der Waals surface area contributed by atoms with Crippen molar-refractivity contribution >= 4 is 5.97 Å². The van der Waals surface area contributed by atoms with Crippen LogP contribution in [0.2, 0.25) is 0 Å². The Morgan fingerprint density at radius 2 is 2.12 bits per heavy atom. The van der Waals surface area contributed by atoms with Crippen molar-refractivity contribution in [2.24, 2.45) is 0 Å². The fourth-order valence-electron chi connectivity index (χ4n) is 2.47. The van der Waals surface area contributed by atoms with Gasteiger partial charge in [-0.05, 0) is 32.2 Å². The number of carbonyl (C=O) groups excluding carboxylic acids is 1. The van der Waals surface area contributed by atoms with Gasteiger partial charge in [0.1, 0.15) is 0 Å². The Morgan fingerprint density at radius 3 is 2.82 bits per heavy atom. The van der Waals surface area contributed by atoms with Crippen molar-refractivity contribution in [3.05, 3.63) is 0 Å². The van der Waals surface area contributed by atoms with Crippen LogP contribution in [-0.4, -0.2) is 36.6 Å². The van der Waals surface area contributed by atoms with Crippen molar-refractivity contribution in [1.82, 2.24) is 4.90 Å². The topological polar surface area (TPSA) is 29.5 Å². The van der Waals surface area contributed by atoms with E-state index < -0.39 is 0 Å². The number of carbonyl (C=O) groups is 1. The number of piperidine rings is 1. The summed E-state index contributed by atoms with van der Waals surface area (Å²) in [6.45, 7) is 6.46. The van der Waals surface area contributed by atoms with Crippen molar-refractivity contribution in [2.75, 3.05) is 19.7 Å². The van der Waals surface area contributed by atoms with Gasteiger partial charge >= 0.3 is 5.97 Å². The number of ether oxygens (including phenoxy) is 1. The fraction of sp³-hybridized carbons (Fsp3) is 0.929. The van der Waals surface area contributed by atoms with Crippen LogP contribution >= 0.6 is 0 Å². The lowest BCUT2D eigenvalue weighted by Crippen LogP contribution is -2.42. The van der Waals surface area contributed by atoms with Gasteiger partial charge in [-0.25, -0.2) is 0 Å². The molecule has 100 valence electrons. The standard InChI is InChI=1S/C14H27NO2/c1-3-5-11-17-14(16)12-15-10-7-6-9-13(15)8-4-2/h13H,3-12H2,1-2H3. The third kappa shape index (κ3) is 5.53. The molecule has 1 heterocycles. The first-order valence-electron chi connectivity index (χ1n) is 7.17. The van der Waals surface area contributed by atoms with Crippen LogP contribution in [-0.2, 0) is 9.53 Å². The van der Waals surface area contributed by atoms with Crippen LogP contribution in [0.15, 0.2) is 0 Å². The van der Waals surface area contributed by atoms with Crippen LogP contribution < -0.4 is 0 Å². The highest BCUT2D eigenvalue weighted by Crippen LogP contribution is 2.20. The van der Waals surface area contributed by atoms with Gasteiger partial charge in [0.2, 0.25) is 0 Å². The Morgan fingerprint density at radius 1 is 1.29 bits per heavy atom. The van der Waals surface area contributed by atoms with Crippen molar-refractivity contribution in [1.29, 1.82) is 0 Å². The quantitative estimate of drug-likeness (QED) is 0.507. The lowest BCUT2D eigenvalue weighted by Gasteiger charge is -2.34. The highest BCUT2D eigenvalue weighted by atomic mass is 16.5. The molecule has 1 saturated heterocycles. The molecule has 1 aliphatic rings. The summed E-state index contributed by atoms with van der Waals surface area (Å²) in [4.78, 5) is 14.0. The second kappa shape index (κ2) is 8.51. The molecule has 3 heteroatoms. The van der Waals surface area contributed by atoms with Crippen molar-refractivity contribution < 1.29 is 9.53 Å². The molecule has 0 aromatic rings. The molecule has 0 aliphatic carbocycles. The van der Waals surface area contributed by atoms with Gasteiger partial charge in [-0.15, -0.1) is 0 Å². The zero-order valence-electron chi connectivity index (χ0n) is 11.4. The van der Waals surface area contributed by atoms with Gasteiger partial charge in [-0.3, -0.25) is 9.69 Å². The number of nitrogens with zero attached hydrogens (tertiary/aromatic N) is 1. The van der Waals surface area contributed by atoms with Gasteiger partial charge < -0.3 is 4.74 Å². The Bertz CT molecular complexity index is 216. The average molecular weight is 241 g/mol. The lowest BCUT2D eigenvalue weighted by molar-refractivity contribution is -0.146. The first-order valence-corrected chi connectivity index (χ1v) is 7.17. The minimum atomic E-state index is -0.0403. The second-order valence-corrected chi connectivity index (χ2v) is 4.98. The predicted octanol–water partition coefficient (Wildman–Crippen LogP) is 2.98. The van der Waals surface area contributed by atoms with E-state index in [1.807, 2.05) is 0 Å². The van der Waals surface area contributed by atoms with Crippen LogP contribution in [0, 0.1) is 0 Å². The molecule has 17 heavy (non-hydrogen) atoms. The van der Waals surface area contributed by atoms with Gasteiger partial charge in [0.25, 0.3) is 0 Å². The third-order valence-electron chi connectivity index (χ3n) is 3.46. The smallest absolute Gasteiger partial charge is 0.320 e. The van der Waals surface area contributed by atoms with Crippen LogP contribution in [0.3, 0.4) is 0 Å². The Hall–Kier alpha value is -0.570. The molecule has 0 saturated carbocycles. The first kappa shape index (κ1) is 14.5. The van der Waals surface area contributed by atoms with E-state index in [1.165, 1.54) is 32.1 Å². The largest absolute Gasteiger partial charge is 0.465 e. The SMILES string of the molecule is CCCCOC(=O)CN1CCCCC1CCC. The molecule has 0 amide bonds. The maximum Gasteiger partial charge on any atom is 0.320 e. The molecular weight excluding hydrogens is 214 g/mol. The molecule has 0 bridgehead atoms. The number of likely N-dealkylation sites (tertiary alicyclic amines) is 1. The minimum absolute atomic E-state index is 0.0403. The molecule has 0 radical (unpaired) electrons. The van der Waals surface area contributed by atoms with Crippen LogP contribution in [0.4, 0.5) is 0 Å². The molecule has 0 spiro atoms. The molecule has 1 unspecified atom stereocenters. The summed E-state index contributed by atoms with van der Waals surface area (Å²) in [5.74, 6) is -0.0403. The number of hydrogen-bond donors (Lipinski definition) is 0. The molecule has 0 aromatic carbocycles. The van der Waals surface area contributed by atoms with E-state index in [-0.39, 0.29) is 5.97 Å². The minimum Gasteiger partial charge on any atom is -0.465 e. The fourth-order valence-corrected chi connectivity index (χ4v) is 2.47. The van der Waals surface area contributed by atoms with Gasteiger partial charge in [0.15, 0.2) is 0 Å². The molecular formula is C14H27NO2. The Kier molecular flexibility index (Phi) is 7.25. The molecule has 1 rings (SSSR count). The second-order valence-electron chi connectivity index (χ2n) is 4.98. The van der Waals surface area contributed by atoms with E-state index in [2.05, 4.69) is 18.7 Å².